The Hall–Kier alpha value is -2.66. The van der Waals surface area contributed by atoms with E-state index in [1.165, 1.54) is 10.5 Å². The molecule has 5 heteroatoms. The van der Waals surface area contributed by atoms with E-state index < -0.39 is 5.97 Å². The summed E-state index contributed by atoms with van der Waals surface area (Å²) in [6.07, 6.45) is 1.74. The predicted octanol–water partition coefficient (Wildman–Crippen LogP) is 3.02. The van der Waals surface area contributed by atoms with Gasteiger partial charge in [-0.15, -0.1) is 0 Å². The van der Waals surface area contributed by atoms with Crippen LogP contribution in [-0.2, 0) is 16.1 Å². The van der Waals surface area contributed by atoms with Gasteiger partial charge in [0.2, 0.25) is 5.91 Å². The molecular weight excluding hydrogens is 328 g/mol. The molecule has 0 saturated carbocycles. The molecule has 0 bridgehead atoms. The molecule has 5 nitrogen and oxygen atoms in total. The van der Waals surface area contributed by atoms with Crippen LogP contribution in [0.1, 0.15) is 18.4 Å². The van der Waals surface area contributed by atoms with Crippen molar-refractivity contribution in [3.05, 3.63) is 66.2 Å². The predicted molar refractivity (Wildman–Crippen MR) is 101 cm³/mol. The molecule has 1 fully saturated rings. The summed E-state index contributed by atoms with van der Waals surface area (Å²) < 4.78 is 0. The van der Waals surface area contributed by atoms with Crippen LogP contribution in [0, 0.1) is 5.92 Å². The maximum Gasteiger partial charge on any atom is 0.323 e. The van der Waals surface area contributed by atoms with Crippen molar-refractivity contribution in [2.24, 2.45) is 5.92 Å². The SMILES string of the molecule is O=C(O)CN(C(=O)C1CCCN(Cc2ccccc2)C1)c1ccccc1. The second-order valence-corrected chi connectivity index (χ2v) is 6.71. The molecule has 1 unspecified atom stereocenters. The Labute approximate surface area is 153 Å². The first kappa shape index (κ1) is 18.1. The number of rotatable bonds is 6. The van der Waals surface area contributed by atoms with Gasteiger partial charge in [0, 0.05) is 18.8 Å². The van der Waals surface area contributed by atoms with E-state index in [9.17, 15) is 14.7 Å². The van der Waals surface area contributed by atoms with Crippen LogP contribution in [-0.4, -0.2) is 41.5 Å². The van der Waals surface area contributed by atoms with Crippen molar-refractivity contribution >= 4 is 17.6 Å². The number of benzene rings is 2. The Kier molecular flexibility index (Phi) is 6.02. The highest BCUT2D eigenvalue weighted by molar-refractivity contribution is 5.98. The van der Waals surface area contributed by atoms with Crippen molar-refractivity contribution in [1.82, 2.24) is 4.90 Å². The molecule has 0 aliphatic carbocycles. The highest BCUT2D eigenvalue weighted by Crippen LogP contribution is 2.23. The Morgan fingerprint density at radius 2 is 1.69 bits per heavy atom. The van der Waals surface area contributed by atoms with Crippen LogP contribution >= 0.6 is 0 Å². The summed E-state index contributed by atoms with van der Waals surface area (Å²) in [5.41, 5.74) is 1.87. The molecule has 2 aromatic rings. The lowest BCUT2D eigenvalue weighted by Crippen LogP contribution is -2.46. The van der Waals surface area contributed by atoms with Crippen molar-refractivity contribution in [1.29, 1.82) is 0 Å². The highest BCUT2D eigenvalue weighted by Gasteiger charge is 2.31. The quantitative estimate of drug-likeness (QED) is 0.868. The van der Waals surface area contributed by atoms with Crippen LogP contribution in [0.2, 0.25) is 0 Å². The minimum Gasteiger partial charge on any atom is -0.480 e. The number of piperidine rings is 1. The molecular formula is C21H24N2O3. The van der Waals surface area contributed by atoms with Crippen molar-refractivity contribution in [3.8, 4) is 0 Å². The Morgan fingerprint density at radius 1 is 1.04 bits per heavy atom. The minimum atomic E-state index is -1.00. The summed E-state index contributed by atoms with van der Waals surface area (Å²) in [6, 6.07) is 19.3. The molecule has 26 heavy (non-hydrogen) atoms. The van der Waals surface area contributed by atoms with E-state index >= 15 is 0 Å². The zero-order valence-corrected chi connectivity index (χ0v) is 14.8. The van der Waals surface area contributed by atoms with Gasteiger partial charge in [-0.25, -0.2) is 0 Å². The van der Waals surface area contributed by atoms with E-state index in [1.807, 2.05) is 36.4 Å². The Balaban J connectivity index is 1.71. The fourth-order valence-electron chi connectivity index (χ4n) is 3.50. The van der Waals surface area contributed by atoms with Crippen molar-refractivity contribution in [3.63, 3.8) is 0 Å². The van der Waals surface area contributed by atoms with Crippen LogP contribution in [0.4, 0.5) is 5.69 Å². The number of carboxylic acid groups (broad SMARTS) is 1. The Morgan fingerprint density at radius 3 is 2.35 bits per heavy atom. The number of para-hydroxylation sites is 1. The number of carbonyl (C=O) groups excluding carboxylic acids is 1. The van der Waals surface area contributed by atoms with Gasteiger partial charge in [0.1, 0.15) is 6.54 Å². The lowest BCUT2D eigenvalue weighted by molar-refractivity contribution is -0.137. The van der Waals surface area contributed by atoms with Gasteiger partial charge in [0.15, 0.2) is 0 Å². The molecule has 2 aromatic carbocycles. The Bertz CT molecular complexity index is 733. The van der Waals surface area contributed by atoms with Crippen LogP contribution in [0.5, 0.6) is 0 Å². The summed E-state index contributed by atoms with van der Waals surface area (Å²) in [4.78, 5) is 28.0. The molecule has 1 saturated heterocycles. The zero-order valence-electron chi connectivity index (χ0n) is 14.8. The number of amides is 1. The molecule has 3 rings (SSSR count). The summed E-state index contributed by atoms with van der Waals surface area (Å²) >= 11 is 0. The van der Waals surface area contributed by atoms with E-state index in [1.54, 1.807) is 12.1 Å². The number of hydrogen-bond donors (Lipinski definition) is 1. The fraction of sp³-hybridized carbons (Fsp3) is 0.333. The average molecular weight is 352 g/mol. The second-order valence-electron chi connectivity index (χ2n) is 6.71. The van der Waals surface area contributed by atoms with E-state index in [0.717, 1.165) is 25.9 Å². The highest BCUT2D eigenvalue weighted by atomic mass is 16.4. The smallest absolute Gasteiger partial charge is 0.323 e. The monoisotopic (exact) mass is 352 g/mol. The zero-order chi connectivity index (χ0) is 18.4. The largest absolute Gasteiger partial charge is 0.480 e. The van der Waals surface area contributed by atoms with Crippen molar-refractivity contribution < 1.29 is 14.7 Å². The number of nitrogens with zero attached hydrogens (tertiary/aromatic N) is 2. The third-order valence-electron chi connectivity index (χ3n) is 4.73. The van der Waals surface area contributed by atoms with Gasteiger partial charge in [-0.2, -0.15) is 0 Å². The van der Waals surface area contributed by atoms with Gasteiger partial charge in [0.05, 0.1) is 5.92 Å². The standard InChI is InChI=1S/C21H24N2O3/c24-20(25)16-23(19-11-5-2-6-12-19)21(26)18-10-7-13-22(15-18)14-17-8-3-1-4-9-17/h1-6,8-9,11-12,18H,7,10,13-16H2,(H,24,25). The molecule has 136 valence electrons. The second kappa shape index (κ2) is 8.63. The van der Waals surface area contributed by atoms with Crippen LogP contribution in [0.25, 0.3) is 0 Å². The maximum atomic E-state index is 13.1. The van der Waals surface area contributed by atoms with Gasteiger partial charge >= 0.3 is 5.97 Å². The van der Waals surface area contributed by atoms with Gasteiger partial charge < -0.3 is 10.0 Å². The van der Waals surface area contributed by atoms with E-state index in [4.69, 9.17) is 0 Å². The topological polar surface area (TPSA) is 60.9 Å². The first-order chi connectivity index (χ1) is 12.6. The summed E-state index contributed by atoms with van der Waals surface area (Å²) in [7, 11) is 0. The van der Waals surface area contributed by atoms with Gasteiger partial charge in [-0.3, -0.25) is 14.5 Å². The molecule has 0 radical (unpaired) electrons. The molecule has 1 heterocycles. The van der Waals surface area contributed by atoms with Gasteiger partial charge in [-0.1, -0.05) is 48.5 Å². The molecule has 1 amide bonds. The minimum absolute atomic E-state index is 0.101. The van der Waals surface area contributed by atoms with E-state index in [0.29, 0.717) is 12.2 Å². The molecule has 1 atom stereocenters. The number of anilines is 1. The van der Waals surface area contributed by atoms with Gasteiger partial charge in [-0.05, 0) is 37.1 Å². The normalized spacial score (nSPS) is 17.6. The molecule has 0 spiro atoms. The lowest BCUT2D eigenvalue weighted by atomic mass is 9.95. The molecule has 1 aliphatic rings. The third-order valence-corrected chi connectivity index (χ3v) is 4.73. The number of aliphatic carboxylic acids is 1. The maximum absolute atomic E-state index is 13.1. The number of carboxylic acids is 1. The van der Waals surface area contributed by atoms with Crippen molar-refractivity contribution in [2.45, 2.75) is 19.4 Å². The van der Waals surface area contributed by atoms with E-state index in [-0.39, 0.29) is 18.4 Å². The summed E-state index contributed by atoms with van der Waals surface area (Å²) in [6.45, 7) is 2.13. The molecule has 1 aliphatic heterocycles. The van der Waals surface area contributed by atoms with Crippen molar-refractivity contribution in [2.75, 3.05) is 24.5 Å². The molecule has 0 aromatic heterocycles. The molecule has 1 N–H and O–H groups in total. The first-order valence-electron chi connectivity index (χ1n) is 8.98. The first-order valence-corrected chi connectivity index (χ1v) is 8.98. The van der Waals surface area contributed by atoms with Crippen LogP contribution < -0.4 is 4.90 Å². The summed E-state index contributed by atoms with van der Waals surface area (Å²) in [5, 5.41) is 9.23. The fourth-order valence-corrected chi connectivity index (χ4v) is 3.50. The number of carbonyl (C=O) groups is 2. The van der Waals surface area contributed by atoms with Crippen LogP contribution in [0.3, 0.4) is 0 Å². The average Bonchev–Trinajstić information content (AvgIpc) is 2.67. The number of hydrogen-bond acceptors (Lipinski definition) is 3. The van der Waals surface area contributed by atoms with Gasteiger partial charge in [0.25, 0.3) is 0 Å². The van der Waals surface area contributed by atoms with E-state index in [2.05, 4.69) is 17.0 Å². The summed E-state index contributed by atoms with van der Waals surface area (Å²) in [5.74, 6) is -1.28. The number of likely N-dealkylation sites (tertiary alicyclic amines) is 1. The van der Waals surface area contributed by atoms with Crippen LogP contribution in [0.15, 0.2) is 60.7 Å². The third kappa shape index (κ3) is 4.70. The lowest BCUT2D eigenvalue weighted by Gasteiger charge is -2.34.